The Morgan fingerprint density at radius 2 is 1.87 bits per heavy atom. The summed E-state index contributed by atoms with van der Waals surface area (Å²) in [5.74, 6) is -2.40. The maximum Gasteiger partial charge on any atom is 0.377 e. The van der Waals surface area contributed by atoms with Crippen LogP contribution < -0.4 is 0 Å². The first-order chi connectivity index (χ1) is 7.20. The molecule has 0 saturated heterocycles. The van der Waals surface area contributed by atoms with Gasteiger partial charge in [-0.1, -0.05) is 18.2 Å². The van der Waals surface area contributed by atoms with Crippen LogP contribution in [-0.2, 0) is 4.79 Å². The number of carboxylic acid groups (broad SMARTS) is 1. The van der Waals surface area contributed by atoms with E-state index in [9.17, 15) is 9.59 Å². The van der Waals surface area contributed by atoms with Crippen LogP contribution >= 0.6 is 0 Å². The summed E-state index contributed by atoms with van der Waals surface area (Å²) >= 11 is 0. The van der Waals surface area contributed by atoms with E-state index >= 15 is 0 Å². The van der Waals surface area contributed by atoms with Crippen molar-refractivity contribution in [3.8, 4) is 0 Å². The van der Waals surface area contributed by atoms with Gasteiger partial charge in [0, 0.05) is 11.6 Å². The van der Waals surface area contributed by atoms with Crippen molar-refractivity contribution in [1.82, 2.24) is 4.98 Å². The Morgan fingerprint density at radius 3 is 2.60 bits per heavy atom. The van der Waals surface area contributed by atoms with Crippen molar-refractivity contribution in [2.24, 2.45) is 0 Å². The first kappa shape index (κ1) is 9.33. The van der Waals surface area contributed by atoms with E-state index in [1.807, 2.05) is 0 Å². The van der Waals surface area contributed by atoms with Crippen molar-refractivity contribution in [1.29, 1.82) is 0 Å². The van der Waals surface area contributed by atoms with E-state index in [1.165, 1.54) is 12.3 Å². The Hall–Kier alpha value is -2.23. The van der Waals surface area contributed by atoms with Crippen molar-refractivity contribution >= 4 is 22.7 Å². The smallest absolute Gasteiger partial charge is 0.377 e. The second-order valence-corrected chi connectivity index (χ2v) is 3.01. The molecule has 0 bridgehead atoms. The van der Waals surface area contributed by atoms with Gasteiger partial charge in [-0.05, 0) is 12.1 Å². The number of hydrogen-bond acceptors (Lipinski definition) is 3. The SMILES string of the molecule is O=C(O)C(=O)c1cccc2cccnc12. The average molecular weight is 201 g/mol. The van der Waals surface area contributed by atoms with Crippen molar-refractivity contribution in [3.63, 3.8) is 0 Å². The normalized spacial score (nSPS) is 10.1. The molecule has 0 fully saturated rings. The van der Waals surface area contributed by atoms with Crippen molar-refractivity contribution < 1.29 is 14.7 Å². The summed E-state index contributed by atoms with van der Waals surface area (Å²) in [5.41, 5.74) is 0.549. The van der Waals surface area contributed by atoms with Crippen LogP contribution in [-0.4, -0.2) is 21.8 Å². The van der Waals surface area contributed by atoms with Gasteiger partial charge in [0.25, 0.3) is 5.78 Å². The lowest BCUT2D eigenvalue weighted by Crippen LogP contribution is -2.13. The highest BCUT2D eigenvalue weighted by molar-refractivity contribution is 6.41. The summed E-state index contributed by atoms with van der Waals surface area (Å²) in [7, 11) is 0. The number of hydrogen-bond donors (Lipinski definition) is 1. The van der Waals surface area contributed by atoms with Crippen molar-refractivity contribution in [2.45, 2.75) is 0 Å². The van der Waals surface area contributed by atoms with Crippen molar-refractivity contribution in [2.75, 3.05) is 0 Å². The number of Topliss-reactive ketones (excluding diaryl/α,β-unsaturated/α-hetero) is 1. The number of carbonyl (C=O) groups excluding carboxylic acids is 1. The Balaban J connectivity index is 2.71. The molecule has 0 saturated carbocycles. The zero-order chi connectivity index (χ0) is 10.8. The molecular formula is C11H7NO3. The van der Waals surface area contributed by atoms with Crippen LogP contribution in [0.4, 0.5) is 0 Å². The largest absolute Gasteiger partial charge is 0.475 e. The topological polar surface area (TPSA) is 67.3 Å². The number of rotatable bonds is 2. The van der Waals surface area contributed by atoms with Crippen molar-refractivity contribution in [3.05, 3.63) is 42.1 Å². The fraction of sp³-hybridized carbons (Fsp3) is 0. The zero-order valence-electron chi connectivity index (χ0n) is 7.68. The number of pyridine rings is 1. The predicted octanol–water partition coefficient (Wildman–Crippen LogP) is 1.50. The number of carbonyl (C=O) groups is 2. The molecule has 0 atom stereocenters. The molecule has 1 N–H and O–H groups in total. The lowest BCUT2D eigenvalue weighted by molar-refractivity contribution is -0.131. The van der Waals surface area contributed by atoms with Gasteiger partial charge in [0.05, 0.1) is 11.1 Å². The number of nitrogens with zero attached hydrogens (tertiary/aromatic N) is 1. The molecular weight excluding hydrogens is 194 g/mol. The van der Waals surface area contributed by atoms with Gasteiger partial charge in [-0.2, -0.15) is 0 Å². The Bertz CT molecular complexity index is 543. The van der Waals surface area contributed by atoms with E-state index in [4.69, 9.17) is 5.11 Å². The first-order valence-electron chi connectivity index (χ1n) is 4.31. The van der Waals surface area contributed by atoms with Crippen LogP contribution in [0.5, 0.6) is 0 Å². The molecule has 1 aromatic heterocycles. The second-order valence-electron chi connectivity index (χ2n) is 3.01. The van der Waals surface area contributed by atoms with Crippen LogP contribution in [0, 0.1) is 0 Å². The van der Waals surface area contributed by atoms with E-state index < -0.39 is 11.8 Å². The molecule has 74 valence electrons. The van der Waals surface area contributed by atoms with E-state index in [-0.39, 0.29) is 5.56 Å². The molecule has 4 heteroatoms. The van der Waals surface area contributed by atoms with E-state index in [1.54, 1.807) is 24.3 Å². The molecule has 0 aliphatic rings. The Labute approximate surface area is 85.2 Å². The average Bonchev–Trinajstić information content (AvgIpc) is 2.27. The number of aliphatic carboxylic acids is 1. The fourth-order valence-corrected chi connectivity index (χ4v) is 1.40. The van der Waals surface area contributed by atoms with Gasteiger partial charge in [-0.3, -0.25) is 9.78 Å². The number of aromatic nitrogens is 1. The molecule has 0 aliphatic carbocycles. The molecule has 1 heterocycles. The number of carboxylic acids is 1. The third kappa shape index (κ3) is 1.57. The Kier molecular flexibility index (Phi) is 2.17. The van der Waals surface area contributed by atoms with Crippen LogP contribution in [0.15, 0.2) is 36.5 Å². The van der Waals surface area contributed by atoms with Gasteiger partial charge in [0.1, 0.15) is 0 Å². The minimum absolute atomic E-state index is 0.126. The van der Waals surface area contributed by atoms with Crippen LogP contribution in [0.1, 0.15) is 10.4 Å². The molecule has 2 aromatic rings. The van der Waals surface area contributed by atoms with E-state index in [0.29, 0.717) is 5.52 Å². The molecule has 0 spiro atoms. The van der Waals surface area contributed by atoms with Crippen LogP contribution in [0.25, 0.3) is 10.9 Å². The molecule has 0 aliphatic heterocycles. The van der Waals surface area contributed by atoms with Crippen LogP contribution in [0.2, 0.25) is 0 Å². The molecule has 15 heavy (non-hydrogen) atoms. The molecule has 0 unspecified atom stereocenters. The minimum atomic E-state index is -1.46. The molecule has 0 radical (unpaired) electrons. The predicted molar refractivity (Wildman–Crippen MR) is 53.7 cm³/mol. The molecule has 0 amide bonds. The number of ketones is 1. The maximum atomic E-state index is 11.3. The summed E-state index contributed by atoms with van der Waals surface area (Å²) in [6, 6.07) is 8.39. The Morgan fingerprint density at radius 1 is 1.13 bits per heavy atom. The van der Waals surface area contributed by atoms with Crippen LogP contribution in [0.3, 0.4) is 0 Å². The molecule has 4 nitrogen and oxygen atoms in total. The van der Waals surface area contributed by atoms with Gasteiger partial charge in [0.2, 0.25) is 0 Å². The summed E-state index contributed by atoms with van der Waals surface area (Å²) in [6.07, 6.45) is 1.53. The van der Waals surface area contributed by atoms with E-state index in [2.05, 4.69) is 4.98 Å². The number of benzene rings is 1. The highest BCUT2D eigenvalue weighted by atomic mass is 16.4. The van der Waals surface area contributed by atoms with Gasteiger partial charge in [-0.25, -0.2) is 4.79 Å². The molecule has 2 rings (SSSR count). The number of para-hydroxylation sites is 1. The minimum Gasteiger partial charge on any atom is -0.475 e. The second kappa shape index (κ2) is 3.49. The van der Waals surface area contributed by atoms with Gasteiger partial charge >= 0.3 is 5.97 Å². The monoisotopic (exact) mass is 201 g/mol. The summed E-state index contributed by atoms with van der Waals surface area (Å²) in [4.78, 5) is 25.9. The van der Waals surface area contributed by atoms with Gasteiger partial charge < -0.3 is 5.11 Å². The van der Waals surface area contributed by atoms with Gasteiger partial charge in [-0.15, -0.1) is 0 Å². The summed E-state index contributed by atoms with van der Waals surface area (Å²) < 4.78 is 0. The fourth-order valence-electron chi connectivity index (χ4n) is 1.40. The lowest BCUT2D eigenvalue weighted by atomic mass is 10.1. The molecule has 1 aromatic carbocycles. The maximum absolute atomic E-state index is 11.3. The summed E-state index contributed by atoms with van der Waals surface area (Å²) in [6.45, 7) is 0. The zero-order valence-corrected chi connectivity index (χ0v) is 7.68. The van der Waals surface area contributed by atoms with Gasteiger partial charge in [0.15, 0.2) is 0 Å². The first-order valence-corrected chi connectivity index (χ1v) is 4.31. The lowest BCUT2D eigenvalue weighted by Gasteiger charge is -2.00. The highest BCUT2D eigenvalue weighted by Gasteiger charge is 2.17. The summed E-state index contributed by atoms with van der Waals surface area (Å²) in [5, 5.41) is 9.37. The third-order valence-electron chi connectivity index (χ3n) is 2.07. The highest BCUT2D eigenvalue weighted by Crippen LogP contribution is 2.16. The standard InChI is InChI=1S/C11H7NO3/c13-10(11(14)15)8-5-1-3-7-4-2-6-12-9(7)8/h1-6H,(H,14,15). The number of fused-ring (bicyclic) bond motifs is 1. The van der Waals surface area contributed by atoms with E-state index in [0.717, 1.165) is 5.39 Å². The quantitative estimate of drug-likeness (QED) is 0.590. The third-order valence-corrected chi connectivity index (χ3v) is 2.07.